The third-order valence-electron chi connectivity index (χ3n) is 3.66. The Morgan fingerprint density at radius 3 is 2.84 bits per heavy atom. The van der Waals surface area contributed by atoms with E-state index in [0.29, 0.717) is 11.9 Å². The van der Waals surface area contributed by atoms with E-state index in [-0.39, 0.29) is 5.97 Å². The minimum atomic E-state index is -0.484. The first-order chi connectivity index (χ1) is 9.20. The van der Waals surface area contributed by atoms with Crippen LogP contribution >= 0.6 is 11.8 Å². The third kappa shape index (κ3) is 3.31. The van der Waals surface area contributed by atoms with Crippen molar-refractivity contribution in [3.05, 3.63) is 30.3 Å². The second kappa shape index (κ2) is 6.44. The molecular formula is C15H21NO2S. The maximum atomic E-state index is 12.1. The zero-order chi connectivity index (χ0) is 13.7. The van der Waals surface area contributed by atoms with Crippen LogP contribution in [0.5, 0.6) is 0 Å². The fourth-order valence-corrected chi connectivity index (χ4v) is 3.88. The summed E-state index contributed by atoms with van der Waals surface area (Å²) in [7, 11) is 1.85. The highest BCUT2D eigenvalue weighted by Gasteiger charge is 2.45. The molecule has 2 atom stereocenters. The smallest absolute Gasteiger partial charge is 0.326 e. The summed E-state index contributed by atoms with van der Waals surface area (Å²) in [6.45, 7) is 2.30. The highest BCUT2D eigenvalue weighted by atomic mass is 32.2. The van der Waals surface area contributed by atoms with Crippen molar-refractivity contribution in [1.82, 2.24) is 5.32 Å². The summed E-state index contributed by atoms with van der Waals surface area (Å²) in [5, 5.41) is 3.66. The van der Waals surface area contributed by atoms with E-state index >= 15 is 0 Å². The van der Waals surface area contributed by atoms with Gasteiger partial charge >= 0.3 is 5.97 Å². The predicted octanol–water partition coefficient (Wildman–Crippen LogP) is 2.85. The van der Waals surface area contributed by atoms with Crippen LogP contribution < -0.4 is 5.32 Å². The summed E-state index contributed by atoms with van der Waals surface area (Å²) in [5.41, 5.74) is -0.484. The van der Waals surface area contributed by atoms with E-state index in [9.17, 15) is 4.79 Å². The molecule has 1 aromatic carbocycles. The van der Waals surface area contributed by atoms with Crippen molar-refractivity contribution in [2.75, 3.05) is 13.7 Å². The van der Waals surface area contributed by atoms with Gasteiger partial charge in [-0.05, 0) is 45.4 Å². The standard InChI is InChI=1S/C15H21NO2S/c1-3-18-14(17)15(16-2)10-9-13(11-15)19-12-7-5-4-6-8-12/h4-8,13,16H,3,9-11H2,1-2H3. The molecule has 0 amide bonds. The number of nitrogens with one attached hydrogen (secondary N) is 1. The minimum Gasteiger partial charge on any atom is -0.465 e. The van der Waals surface area contributed by atoms with Crippen molar-refractivity contribution in [2.24, 2.45) is 0 Å². The van der Waals surface area contributed by atoms with Gasteiger partial charge in [0.05, 0.1) is 6.61 Å². The molecular weight excluding hydrogens is 258 g/mol. The molecule has 0 heterocycles. The molecule has 1 aliphatic carbocycles. The second-order valence-corrected chi connectivity index (χ2v) is 6.22. The van der Waals surface area contributed by atoms with Crippen molar-refractivity contribution < 1.29 is 9.53 Å². The lowest BCUT2D eigenvalue weighted by Gasteiger charge is -2.26. The van der Waals surface area contributed by atoms with E-state index in [1.165, 1.54) is 4.90 Å². The molecule has 0 saturated heterocycles. The molecule has 4 heteroatoms. The number of hydrogen-bond donors (Lipinski definition) is 1. The van der Waals surface area contributed by atoms with Crippen molar-refractivity contribution in [1.29, 1.82) is 0 Å². The number of ether oxygens (including phenoxy) is 1. The molecule has 1 aromatic rings. The van der Waals surface area contributed by atoms with Crippen LogP contribution in [0.25, 0.3) is 0 Å². The molecule has 1 N–H and O–H groups in total. The van der Waals surface area contributed by atoms with Gasteiger partial charge in [-0.3, -0.25) is 4.79 Å². The average molecular weight is 279 g/mol. The Labute approximate surface area is 119 Å². The Bertz CT molecular complexity index is 423. The monoisotopic (exact) mass is 279 g/mol. The average Bonchev–Trinajstić information content (AvgIpc) is 2.85. The van der Waals surface area contributed by atoms with Crippen LogP contribution in [0.15, 0.2) is 35.2 Å². The van der Waals surface area contributed by atoms with Gasteiger partial charge in [0.15, 0.2) is 0 Å². The van der Waals surface area contributed by atoms with Gasteiger partial charge in [-0.25, -0.2) is 0 Å². The molecule has 0 spiro atoms. The second-order valence-electron chi connectivity index (χ2n) is 4.85. The summed E-state index contributed by atoms with van der Waals surface area (Å²) in [5.74, 6) is -0.103. The summed E-state index contributed by atoms with van der Waals surface area (Å²) in [6.07, 6.45) is 2.73. The predicted molar refractivity (Wildman–Crippen MR) is 78.4 cm³/mol. The lowest BCUT2D eigenvalue weighted by Crippen LogP contribution is -2.49. The van der Waals surface area contributed by atoms with Crippen LogP contribution in [0.1, 0.15) is 26.2 Å². The number of esters is 1. The molecule has 2 unspecified atom stereocenters. The van der Waals surface area contributed by atoms with Gasteiger partial charge in [0.25, 0.3) is 0 Å². The van der Waals surface area contributed by atoms with E-state index < -0.39 is 5.54 Å². The molecule has 0 aliphatic heterocycles. The number of carbonyl (C=O) groups excluding carboxylic acids is 1. The molecule has 2 rings (SSSR count). The summed E-state index contributed by atoms with van der Waals surface area (Å²) in [6, 6.07) is 10.4. The molecule has 104 valence electrons. The largest absolute Gasteiger partial charge is 0.465 e. The van der Waals surface area contributed by atoms with Gasteiger partial charge in [0.1, 0.15) is 5.54 Å². The SMILES string of the molecule is CCOC(=O)C1(NC)CCC(Sc2ccccc2)C1. The van der Waals surface area contributed by atoms with Gasteiger partial charge in [-0.1, -0.05) is 18.2 Å². The van der Waals surface area contributed by atoms with E-state index in [4.69, 9.17) is 4.74 Å². The number of carbonyl (C=O) groups is 1. The number of likely N-dealkylation sites (N-methyl/N-ethyl adjacent to an activating group) is 1. The number of thioether (sulfide) groups is 1. The van der Waals surface area contributed by atoms with Crippen LogP contribution in [0.3, 0.4) is 0 Å². The summed E-state index contributed by atoms with van der Waals surface area (Å²) < 4.78 is 5.21. The van der Waals surface area contributed by atoms with Crippen LogP contribution in [-0.4, -0.2) is 30.4 Å². The van der Waals surface area contributed by atoms with Gasteiger partial charge in [0, 0.05) is 10.1 Å². The Hall–Kier alpha value is -1.00. The quantitative estimate of drug-likeness (QED) is 0.841. The Morgan fingerprint density at radius 1 is 1.47 bits per heavy atom. The normalized spacial score (nSPS) is 26.3. The lowest BCUT2D eigenvalue weighted by molar-refractivity contribution is -0.150. The van der Waals surface area contributed by atoms with Gasteiger partial charge in [0.2, 0.25) is 0 Å². The Kier molecular flexibility index (Phi) is 4.88. The molecule has 19 heavy (non-hydrogen) atoms. The number of benzene rings is 1. The van der Waals surface area contributed by atoms with Gasteiger partial charge in [-0.15, -0.1) is 11.8 Å². The van der Waals surface area contributed by atoms with Crippen LogP contribution in [0, 0.1) is 0 Å². The maximum Gasteiger partial charge on any atom is 0.326 e. The Morgan fingerprint density at radius 2 is 2.21 bits per heavy atom. The first kappa shape index (κ1) is 14.4. The zero-order valence-corrected chi connectivity index (χ0v) is 12.3. The van der Waals surface area contributed by atoms with Crippen LogP contribution in [0.2, 0.25) is 0 Å². The fourth-order valence-electron chi connectivity index (χ4n) is 2.58. The highest BCUT2D eigenvalue weighted by Crippen LogP contribution is 2.40. The molecule has 0 radical (unpaired) electrons. The first-order valence-electron chi connectivity index (χ1n) is 6.78. The molecule has 0 bridgehead atoms. The first-order valence-corrected chi connectivity index (χ1v) is 7.66. The van der Waals surface area contributed by atoms with Crippen LogP contribution in [-0.2, 0) is 9.53 Å². The molecule has 3 nitrogen and oxygen atoms in total. The lowest BCUT2D eigenvalue weighted by atomic mass is 9.98. The molecule has 1 fully saturated rings. The van der Waals surface area contributed by atoms with Crippen molar-refractivity contribution in [3.63, 3.8) is 0 Å². The van der Waals surface area contributed by atoms with Crippen molar-refractivity contribution in [2.45, 2.75) is 41.9 Å². The highest BCUT2D eigenvalue weighted by molar-refractivity contribution is 8.00. The zero-order valence-electron chi connectivity index (χ0n) is 11.5. The van der Waals surface area contributed by atoms with Gasteiger partial charge in [-0.2, -0.15) is 0 Å². The number of rotatable bonds is 5. The maximum absolute atomic E-state index is 12.1. The van der Waals surface area contributed by atoms with Crippen LogP contribution in [0.4, 0.5) is 0 Å². The fraction of sp³-hybridized carbons (Fsp3) is 0.533. The molecule has 0 aromatic heterocycles. The van der Waals surface area contributed by atoms with E-state index in [0.717, 1.165) is 19.3 Å². The van der Waals surface area contributed by atoms with Crippen molar-refractivity contribution >= 4 is 17.7 Å². The molecule has 1 saturated carbocycles. The third-order valence-corrected chi connectivity index (χ3v) is 4.94. The van der Waals surface area contributed by atoms with Gasteiger partial charge < -0.3 is 10.1 Å². The Balaban J connectivity index is 1.99. The minimum absolute atomic E-state index is 0.103. The van der Waals surface area contributed by atoms with E-state index in [2.05, 4.69) is 17.4 Å². The van der Waals surface area contributed by atoms with Crippen molar-refractivity contribution in [3.8, 4) is 0 Å². The van der Waals surface area contributed by atoms with E-state index in [1.54, 1.807) is 0 Å². The van der Waals surface area contributed by atoms with E-state index in [1.807, 2.05) is 43.9 Å². The summed E-state index contributed by atoms with van der Waals surface area (Å²) >= 11 is 1.86. The topological polar surface area (TPSA) is 38.3 Å². The number of hydrogen-bond acceptors (Lipinski definition) is 4. The summed E-state index contributed by atoms with van der Waals surface area (Å²) in [4.78, 5) is 13.4. The molecule has 1 aliphatic rings.